The van der Waals surface area contributed by atoms with Crippen LogP contribution in [0.3, 0.4) is 0 Å². The first-order valence-corrected chi connectivity index (χ1v) is 6.72. The van der Waals surface area contributed by atoms with E-state index in [4.69, 9.17) is 10.7 Å². The van der Waals surface area contributed by atoms with Gasteiger partial charge in [-0.2, -0.15) is 0 Å². The minimum atomic E-state index is -3.47. The number of hydrogen-bond donors (Lipinski definition) is 0. The molecule has 2 rings (SSSR count). The van der Waals surface area contributed by atoms with Crippen molar-refractivity contribution in [2.75, 3.05) is 5.75 Å². The van der Waals surface area contributed by atoms with Crippen LogP contribution in [-0.2, 0) is 15.6 Å². The van der Waals surface area contributed by atoms with Crippen LogP contribution < -0.4 is 0 Å². The molecular formula is C6H9ClN4O2S. The average molecular weight is 237 g/mol. The highest BCUT2D eigenvalue weighted by Gasteiger charge is 2.29. The van der Waals surface area contributed by atoms with Gasteiger partial charge in [0.15, 0.2) is 5.82 Å². The van der Waals surface area contributed by atoms with Gasteiger partial charge in [-0.3, -0.25) is 0 Å². The van der Waals surface area contributed by atoms with E-state index in [1.54, 1.807) is 0 Å². The average Bonchev–Trinajstić information content (AvgIpc) is 2.81. The topological polar surface area (TPSA) is 77.7 Å². The zero-order chi connectivity index (χ0) is 10.2. The van der Waals surface area contributed by atoms with E-state index in [1.165, 1.54) is 4.68 Å². The van der Waals surface area contributed by atoms with E-state index in [9.17, 15) is 8.42 Å². The fraction of sp³-hybridized carbons (Fsp3) is 0.833. The third kappa shape index (κ3) is 2.42. The highest BCUT2D eigenvalue weighted by molar-refractivity contribution is 8.13. The van der Waals surface area contributed by atoms with Crippen LogP contribution in [0.25, 0.3) is 0 Å². The Morgan fingerprint density at radius 3 is 2.79 bits per heavy atom. The van der Waals surface area contributed by atoms with Crippen LogP contribution in [0.4, 0.5) is 0 Å². The van der Waals surface area contributed by atoms with Gasteiger partial charge >= 0.3 is 0 Å². The predicted molar refractivity (Wildman–Crippen MR) is 49.4 cm³/mol. The molecule has 0 N–H and O–H groups in total. The summed E-state index contributed by atoms with van der Waals surface area (Å²) in [5.74, 6) is 1.03. The lowest BCUT2D eigenvalue weighted by Crippen LogP contribution is -2.12. The van der Waals surface area contributed by atoms with Gasteiger partial charge in [0.05, 0.1) is 12.3 Å². The number of aromatic nitrogens is 4. The van der Waals surface area contributed by atoms with E-state index in [0.29, 0.717) is 5.92 Å². The first kappa shape index (κ1) is 9.85. The Labute approximate surface area is 85.7 Å². The van der Waals surface area contributed by atoms with Crippen LogP contribution in [-0.4, -0.2) is 34.4 Å². The largest absolute Gasteiger partial charge is 0.234 e. The van der Waals surface area contributed by atoms with Gasteiger partial charge in [0.1, 0.15) is 0 Å². The maximum atomic E-state index is 10.7. The third-order valence-corrected chi connectivity index (χ3v) is 3.18. The summed E-state index contributed by atoms with van der Waals surface area (Å²) in [4.78, 5) is 0. The van der Waals surface area contributed by atoms with Crippen LogP contribution in [0.2, 0.25) is 0 Å². The van der Waals surface area contributed by atoms with E-state index in [-0.39, 0.29) is 12.3 Å². The summed E-state index contributed by atoms with van der Waals surface area (Å²) in [6, 6.07) is 0. The molecule has 1 saturated carbocycles. The molecule has 0 amide bonds. The van der Waals surface area contributed by atoms with E-state index in [0.717, 1.165) is 18.7 Å². The normalized spacial score (nSPS) is 17.2. The zero-order valence-corrected chi connectivity index (χ0v) is 8.87. The first-order valence-electron chi connectivity index (χ1n) is 4.24. The van der Waals surface area contributed by atoms with Crippen LogP contribution in [0.5, 0.6) is 0 Å². The molecule has 0 aliphatic heterocycles. The van der Waals surface area contributed by atoms with Crippen molar-refractivity contribution >= 4 is 19.7 Å². The van der Waals surface area contributed by atoms with Crippen molar-refractivity contribution in [1.29, 1.82) is 0 Å². The second kappa shape index (κ2) is 3.47. The van der Waals surface area contributed by atoms with Crippen molar-refractivity contribution in [3.63, 3.8) is 0 Å². The lowest BCUT2D eigenvalue weighted by Gasteiger charge is -2.00. The highest BCUT2D eigenvalue weighted by Crippen LogP contribution is 2.38. The fourth-order valence-electron chi connectivity index (χ4n) is 1.20. The number of tetrazole rings is 1. The Morgan fingerprint density at radius 2 is 2.21 bits per heavy atom. The van der Waals surface area contributed by atoms with Crippen molar-refractivity contribution in [3.8, 4) is 0 Å². The molecule has 0 atom stereocenters. The molecule has 1 aromatic heterocycles. The number of nitrogens with zero attached hydrogens (tertiary/aromatic N) is 4. The maximum absolute atomic E-state index is 10.7. The van der Waals surface area contributed by atoms with E-state index in [2.05, 4.69) is 15.5 Å². The first-order chi connectivity index (χ1) is 6.56. The summed E-state index contributed by atoms with van der Waals surface area (Å²) >= 11 is 0. The molecule has 0 bridgehead atoms. The van der Waals surface area contributed by atoms with Gasteiger partial charge in [-0.05, 0) is 23.3 Å². The molecule has 78 valence electrons. The molecule has 1 aliphatic rings. The monoisotopic (exact) mass is 236 g/mol. The van der Waals surface area contributed by atoms with E-state index >= 15 is 0 Å². The lowest BCUT2D eigenvalue weighted by atomic mass is 10.4. The van der Waals surface area contributed by atoms with Crippen molar-refractivity contribution < 1.29 is 8.42 Å². The van der Waals surface area contributed by atoms with Crippen LogP contribution in [0, 0.1) is 0 Å². The number of rotatable bonds is 4. The molecule has 1 heterocycles. The Kier molecular flexibility index (Phi) is 2.44. The second-order valence-electron chi connectivity index (χ2n) is 3.28. The van der Waals surface area contributed by atoms with Gasteiger partial charge in [-0.25, -0.2) is 13.1 Å². The summed E-state index contributed by atoms with van der Waals surface area (Å²) in [5.41, 5.74) is 0. The van der Waals surface area contributed by atoms with Gasteiger partial charge in [0.25, 0.3) is 0 Å². The Morgan fingerprint density at radius 1 is 1.50 bits per heavy atom. The van der Waals surface area contributed by atoms with Gasteiger partial charge < -0.3 is 0 Å². The molecule has 6 nitrogen and oxygen atoms in total. The minimum absolute atomic E-state index is 0.140. The second-order valence-corrected chi connectivity index (χ2v) is 6.17. The van der Waals surface area contributed by atoms with Crippen molar-refractivity contribution in [3.05, 3.63) is 5.82 Å². The van der Waals surface area contributed by atoms with Crippen molar-refractivity contribution in [2.24, 2.45) is 0 Å². The summed E-state index contributed by atoms with van der Waals surface area (Å²) in [5, 5.41) is 11.1. The quantitative estimate of drug-likeness (QED) is 0.694. The fourth-order valence-corrected chi connectivity index (χ4v) is 1.80. The zero-order valence-electron chi connectivity index (χ0n) is 7.30. The molecule has 0 saturated heterocycles. The van der Waals surface area contributed by atoms with Crippen molar-refractivity contribution in [1.82, 2.24) is 20.2 Å². The van der Waals surface area contributed by atoms with Crippen LogP contribution in [0.15, 0.2) is 0 Å². The van der Waals surface area contributed by atoms with Gasteiger partial charge in [0.2, 0.25) is 9.05 Å². The molecule has 0 unspecified atom stereocenters. The third-order valence-electron chi connectivity index (χ3n) is 2.05. The SMILES string of the molecule is O=S(=O)(Cl)CCn1nnnc1C1CC1. The van der Waals surface area contributed by atoms with Crippen LogP contribution in [0.1, 0.15) is 24.6 Å². The smallest absolute Gasteiger partial charge is 0.228 e. The predicted octanol–water partition coefficient (Wildman–Crippen LogP) is 0.119. The Balaban J connectivity index is 2.05. The van der Waals surface area contributed by atoms with Gasteiger partial charge in [-0.15, -0.1) is 5.10 Å². The number of aryl methyl sites for hydroxylation is 1. The summed E-state index contributed by atoms with van der Waals surface area (Å²) in [7, 11) is 1.62. The molecule has 0 aromatic carbocycles. The maximum Gasteiger partial charge on any atom is 0.234 e. The molecule has 1 aromatic rings. The molecule has 1 aliphatic carbocycles. The molecule has 8 heteroatoms. The lowest BCUT2D eigenvalue weighted by molar-refractivity contribution is 0.574. The minimum Gasteiger partial charge on any atom is -0.228 e. The van der Waals surface area contributed by atoms with Crippen LogP contribution >= 0.6 is 10.7 Å². The van der Waals surface area contributed by atoms with E-state index < -0.39 is 9.05 Å². The van der Waals surface area contributed by atoms with Gasteiger partial charge in [-0.1, -0.05) is 0 Å². The summed E-state index contributed by atoms with van der Waals surface area (Å²) < 4.78 is 22.9. The molecular weight excluding hydrogens is 228 g/mol. The Hall–Kier alpha value is -0.690. The molecule has 1 fully saturated rings. The van der Waals surface area contributed by atoms with Gasteiger partial charge in [0, 0.05) is 16.6 Å². The summed E-state index contributed by atoms with van der Waals surface area (Å²) in [6.45, 7) is 0.227. The standard InChI is InChI=1S/C6H9ClN4O2S/c7-14(12,13)4-3-11-6(5-1-2-5)8-9-10-11/h5H,1-4H2. The van der Waals surface area contributed by atoms with Crippen molar-refractivity contribution in [2.45, 2.75) is 25.3 Å². The number of halogens is 1. The summed E-state index contributed by atoms with van der Waals surface area (Å²) in [6.07, 6.45) is 2.15. The molecule has 14 heavy (non-hydrogen) atoms. The highest BCUT2D eigenvalue weighted by atomic mass is 35.7. The molecule has 0 spiro atoms. The molecule has 0 radical (unpaired) electrons. The number of hydrogen-bond acceptors (Lipinski definition) is 5. The Bertz CT molecular complexity index is 425. The van der Waals surface area contributed by atoms with E-state index in [1.807, 2.05) is 0 Å².